The third-order valence-corrected chi connectivity index (χ3v) is 4.29. The molecule has 0 saturated heterocycles. The topological polar surface area (TPSA) is 62.1 Å². The molecule has 1 amide bonds. The molecule has 4 nitrogen and oxygen atoms in total. The molecule has 2 aromatic carbocycles. The fourth-order valence-corrected chi connectivity index (χ4v) is 2.46. The maximum atomic E-state index is 12.0. The molecule has 2 aromatic rings. The van der Waals surface area contributed by atoms with Crippen LogP contribution in [0.2, 0.25) is 5.02 Å². The molecular weight excluding hydrogens is 324 g/mol. The second-order valence-electron chi connectivity index (χ2n) is 5.68. The highest BCUT2D eigenvalue weighted by Gasteiger charge is 2.11. The third kappa shape index (κ3) is 4.50. The quantitative estimate of drug-likeness (QED) is 0.890. The Morgan fingerprint density at radius 2 is 1.83 bits per heavy atom. The Kier molecular flexibility index (Phi) is 5.83. The molecule has 0 spiro atoms. The van der Waals surface area contributed by atoms with Gasteiger partial charge in [-0.15, -0.1) is 0 Å². The van der Waals surface area contributed by atoms with Gasteiger partial charge in [0.05, 0.1) is 17.7 Å². The van der Waals surface area contributed by atoms with E-state index in [0.717, 1.165) is 16.7 Å². The molecule has 0 aliphatic carbocycles. The summed E-state index contributed by atoms with van der Waals surface area (Å²) in [5.41, 5.74) is 3.35. The third-order valence-electron chi connectivity index (χ3n) is 3.70. The van der Waals surface area contributed by atoms with Crippen LogP contribution in [0.5, 0.6) is 5.75 Å². The molecule has 0 heterocycles. The molecule has 1 atom stereocenters. The normalized spacial score (nSPS) is 11.5. The second-order valence-corrected chi connectivity index (χ2v) is 6.06. The van der Waals surface area contributed by atoms with E-state index in [1.807, 2.05) is 45.0 Å². The summed E-state index contributed by atoms with van der Waals surface area (Å²) in [5, 5.41) is 12.4. The number of rotatable bonds is 5. The predicted molar refractivity (Wildman–Crippen MR) is 94.1 cm³/mol. The summed E-state index contributed by atoms with van der Waals surface area (Å²) in [6, 6.07) is 12.6. The number of carbonyl (C=O) groups excluding carboxylic acids is 1. The number of nitrogens with one attached hydrogen (secondary N) is 1. The molecule has 5 heteroatoms. The number of amides is 1. The van der Waals surface area contributed by atoms with Crippen LogP contribution in [-0.2, 0) is 4.79 Å². The lowest BCUT2D eigenvalue weighted by Crippen LogP contribution is -2.31. The van der Waals surface area contributed by atoms with Crippen molar-refractivity contribution in [2.45, 2.75) is 26.8 Å². The van der Waals surface area contributed by atoms with Gasteiger partial charge in [-0.25, -0.2) is 0 Å². The van der Waals surface area contributed by atoms with E-state index < -0.39 is 0 Å². The molecule has 0 radical (unpaired) electrons. The van der Waals surface area contributed by atoms with Crippen molar-refractivity contribution in [1.29, 1.82) is 5.26 Å². The largest absolute Gasteiger partial charge is 0.484 e. The van der Waals surface area contributed by atoms with Crippen LogP contribution in [-0.4, -0.2) is 12.5 Å². The van der Waals surface area contributed by atoms with Gasteiger partial charge in [0.1, 0.15) is 5.75 Å². The summed E-state index contributed by atoms with van der Waals surface area (Å²) in [4.78, 5) is 12.0. The minimum absolute atomic E-state index is 0.0683. The summed E-state index contributed by atoms with van der Waals surface area (Å²) >= 11 is 6.12. The first-order valence-electron chi connectivity index (χ1n) is 7.59. The van der Waals surface area contributed by atoms with Gasteiger partial charge in [0.2, 0.25) is 0 Å². The molecule has 124 valence electrons. The summed E-state index contributed by atoms with van der Waals surface area (Å²) < 4.78 is 5.54. The van der Waals surface area contributed by atoms with Crippen molar-refractivity contribution in [1.82, 2.24) is 5.32 Å². The van der Waals surface area contributed by atoms with E-state index in [-0.39, 0.29) is 18.6 Å². The first kappa shape index (κ1) is 17.8. The Labute approximate surface area is 147 Å². The average molecular weight is 343 g/mol. The van der Waals surface area contributed by atoms with Crippen molar-refractivity contribution in [2.75, 3.05) is 6.61 Å². The van der Waals surface area contributed by atoms with Crippen molar-refractivity contribution in [2.24, 2.45) is 0 Å². The van der Waals surface area contributed by atoms with Crippen molar-refractivity contribution >= 4 is 17.5 Å². The number of aryl methyl sites for hydroxylation is 2. The van der Waals surface area contributed by atoms with Crippen LogP contribution in [0, 0.1) is 25.2 Å². The van der Waals surface area contributed by atoms with Gasteiger partial charge in [-0.1, -0.05) is 23.7 Å². The standard InChI is InChI=1S/C19H19ClN2O2/c1-12-8-17(9-13(2)19(12)20)24-11-18(23)22-14(3)16-6-4-15(10-21)5-7-16/h4-9,14H,11H2,1-3H3,(H,22,23). The van der Waals surface area contributed by atoms with Gasteiger partial charge < -0.3 is 10.1 Å². The monoisotopic (exact) mass is 342 g/mol. The number of benzene rings is 2. The second kappa shape index (κ2) is 7.85. The fraction of sp³-hybridized carbons (Fsp3) is 0.263. The summed E-state index contributed by atoms with van der Waals surface area (Å²) in [6.45, 7) is 5.61. The predicted octanol–water partition coefficient (Wildman–Crippen LogP) is 4.08. The highest BCUT2D eigenvalue weighted by atomic mass is 35.5. The van der Waals surface area contributed by atoms with E-state index in [4.69, 9.17) is 21.6 Å². The summed E-state index contributed by atoms with van der Waals surface area (Å²) in [5.74, 6) is 0.410. The molecule has 0 saturated carbocycles. The Bertz CT molecular complexity index is 756. The summed E-state index contributed by atoms with van der Waals surface area (Å²) in [7, 11) is 0. The first-order valence-corrected chi connectivity index (χ1v) is 7.97. The Morgan fingerprint density at radius 1 is 1.25 bits per heavy atom. The number of hydrogen-bond acceptors (Lipinski definition) is 3. The Morgan fingerprint density at radius 3 is 2.38 bits per heavy atom. The van der Waals surface area contributed by atoms with Crippen LogP contribution in [0.4, 0.5) is 0 Å². The highest BCUT2D eigenvalue weighted by Crippen LogP contribution is 2.25. The number of ether oxygens (including phenoxy) is 1. The lowest BCUT2D eigenvalue weighted by molar-refractivity contribution is -0.123. The van der Waals surface area contributed by atoms with E-state index in [1.165, 1.54) is 0 Å². The van der Waals surface area contributed by atoms with E-state index in [1.54, 1.807) is 12.1 Å². The number of nitrogens with zero attached hydrogens (tertiary/aromatic N) is 1. The van der Waals surface area contributed by atoms with E-state index in [0.29, 0.717) is 16.3 Å². The zero-order chi connectivity index (χ0) is 17.7. The van der Waals surface area contributed by atoms with Gasteiger partial charge in [0.15, 0.2) is 6.61 Å². The van der Waals surface area contributed by atoms with Gasteiger partial charge >= 0.3 is 0 Å². The van der Waals surface area contributed by atoms with Crippen LogP contribution in [0.25, 0.3) is 0 Å². The molecule has 1 unspecified atom stereocenters. The maximum absolute atomic E-state index is 12.0. The van der Waals surface area contributed by atoms with Crippen LogP contribution < -0.4 is 10.1 Å². The molecule has 0 aliphatic rings. The van der Waals surface area contributed by atoms with Crippen LogP contribution >= 0.6 is 11.6 Å². The zero-order valence-corrected chi connectivity index (χ0v) is 14.6. The van der Waals surface area contributed by atoms with Crippen molar-refractivity contribution in [3.63, 3.8) is 0 Å². The molecule has 0 fully saturated rings. The smallest absolute Gasteiger partial charge is 0.258 e. The minimum Gasteiger partial charge on any atom is -0.484 e. The Balaban J connectivity index is 1.92. The lowest BCUT2D eigenvalue weighted by Gasteiger charge is -2.15. The Hall–Kier alpha value is -2.51. The number of nitriles is 1. The van der Waals surface area contributed by atoms with Crippen LogP contribution in [0.15, 0.2) is 36.4 Å². The number of carbonyl (C=O) groups is 1. The van der Waals surface area contributed by atoms with E-state index >= 15 is 0 Å². The maximum Gasteiger partial charge on any atom is 0.258 e. The van der Waals surface area contributed by atoms with Crippen molar-refractivity contribution < 1.29 is 9.53 Å². The highest BCUT2D eigenvalue weighted by molar-refractivity contribution is 6.32. The summed E-state index contributed by atoms with van der Waals surface area (Å²) in [6.07, 6.45) is 0. The molecule has 2 rings (SSSR count). The van der Waals surface area contributed by atoms with E-state index in [2.05, 4.69) is 11.4 Å². The van der Waals surface area contributed by atoms with Crippen molar-refractivity contribution in [3.8, 4) is 11.8 Å². The first-order chi connectivity index (χ1) is 11.4. The molecule has 1 N–H and O–H groups in total. The van der Waals surface area contributed by atoms with Crippen LogP contribution in [0.3, 0.4) is 0 Å². The molecule has 24 heavy (non-hydrogen) atoms. The number of hydrogen-bond donors (Lipinski definition) is 1. The molecule has 0 bridgehead atoms. The van der Waals surface area contributed by atoms with E-state index in [9.17, 15) is 4.79 Å². The van der Waals surface area contributed by atoms with Gasteiger partial charge in [0.25, 0.3) is 5.91 Å². The number of halogens is 1. The van der Waals surface area contributed by atoms with Gasteiger partial charge in [-0.2, -0.15) is 5.26 Å². The fourth-order valence-electron chi connectivity index (χ4n) is 2.35. The molecular formula is C19H19ClN2O2. The van der Waals surface area contributed by atoms with Gasteiger partial charge in [-0.3, -0.25) is 4.79 Å². The van der Waals surface area contributed by atoms with Crippen LogP contribution in [0.1, 0.15) is 35.2 Å². The SMILES string of the molecule is Cc1cc(OCC(=O)NC(C)c2ccc(C#N)cc2)cc(C)c1Cl. The zero-order valence-electron chi connectivity index (χ0n) is 13.9. The van der Waals surface area contributed by atoms with Gasteiger partial charge in [0, 0.05) is 5.02 Å². The molecule has 0 aromatic heterocycles. The lowest BCUT2D eigenvalue weighted by atomic mass is 10.1. The minimum atomic E-state index is -0.211. The molecule has 0 aliphatic heterocycles. The van der Waals surface area contributed by atoms with Crippen molar-refractivity contribution in [3.05, 3.63) is 63.7 Å². The van der Waals surface area contributed by atoms with Gasteiger partial charge in [-0.05, 0) is 61.7 Å². The average Bonchev–Trinajstić information content (AvgIpc) is 2.57.